The number of esters is 1. The van der Waals surface area contributed by atoms with E-state index < -0.39 is 23.7 Å². The molecule has 1 aromatic heterocycles. The maximum atomic E-state index is 13.5. The van der Waals surface area contributed by atoms with E-state index in [1.54, 1.807) is 31.4 Å². The highest BCUT2D eigenvalue weighted by Crippen LogP contribution is 2.44. The minimum Gasteiger partial charge on any atom is -0.507 e. The van der Waals surface area contributed by atoms with Gasteiger partial charge in [0.2, 0.25) is 0 Å². The number of amides is 1. The van der Waals surface area contributed by atoms with Crippen LogP contribution in [0, 0.1) is 12.8 Å². The van der Waals surface area contributed by atoms with Gasteiger partial charge >= 0.3 is 5.97 Å². The van der Waals surface area contributed by atoms with Crippen LogP contribution in [0.2, 0.25) is 0 Å². The number of Topliss-reactive ketones (excluding diaryl/α,β-unsaturated/α-hetero) is 1. The number of anilines is 1. The summed E-state index contributed by atoms with van der Waals surface area (Å²) in [6.07, 6.45) is 0. The third kappa shape index (κ3) is 5.47. The van der Waals surface area contributed by atoms with Gasteiger partial charge < -0.3 is 14.6 Å². The van der Waals surface area contributed by atoms with Crippen LogP contribution in [0.4, 0.5) is 5.69 Å². The highest BCUT2D eigenvalue weighted by atomic mass is 32.1. The fraction of sp³-hybridized carbons (Fsp3) is 0.323. The molecule has 2 aromatic carbocycles. The first-order chi connectivity index (χ1) is 18.5. The number of hydrogen-bond acceptors (Lipinski definition) is 7. The first-order valence-electron chi connectivity index (χ1n) is 12.9. The summed E-state index contributed by atoms with van der Waals surface area (Å²) >= 11 is 1.39. The molecular weight excluding hydrogens is 514 g/mol. The van der Waals surface area contributed by atoms with Gasteiger partial charge in [0.15, 0.2) is 0 Å². The van der Waals surface area contributed by atoms with Crippen molar-refractivity contribution in [1.82, 2.24) is 0 Å². The molecule has 1 unspecified atom stereocenters. The van der Waals surface area contributed by atoms with E-state index >= 15 is 0 Å². The molecule has 1 fully saturated rings. The molecule has 8 heteroatoms. The number of methoxy groups -OCH3 is 1. The number of hydrogen-bond donors (Lipinski definition) is 1. The van der Waals surface area contributed by atoms with E-state index in [-0.39, 0.29) is 23.2 Å². The molecule has 1 aliphatic heterocycles. The van der Waals surface area contributed by atoms with Gasteiger partial charge in [-0.3, -0.25) is 14.5 Å². The Morgan fingerprint density at radius 2 is 1.77 bits per heavy atom. The Kier molecular flexibility index (Phi) is 8.25. The molecule has 1 amide bonds. The fourth-order valence-electron chi connectivity index (χ4n) is 4.63. The lowest BCUT2D eigenvalue weighted by Crippen LogP contribution is -2.29. The lowest BCUT2D eigenvalue weighted by molar-refractivity contribution is -0.132. The lowest BCUT2D eigenvalue weighted by atomic mass is 9.92. The standard InChI is InChI=1S/C31H33NO6S/c1-17(2)16-38-31(36)20-9-11-21(12-10-20)32-27(25-8-7-13-39-25)26(29(34)30(32)35)28(33)23-15-22(18(3)4)24(37-6)14-19(23)5/h7-15,17-18,27,33H,16H2,1-6H3/b28-26+. The summed E-state index contributed by atoms with van der Waals surface area (Å²) in [5.74, 6) is -1.20. The van der Waals surface area contributed by atoms with E-state index in [4.69, 9.17) is 9.47 Å². The van der Waals surface area contributed by atoms with E-state index in [0.717, 1.165) is 10.4 Å². The van der Waals surface area contributed by atoms with Gasteiger partial charge in [-0.25, -0.2) is 4.79 Å². The van der Waals surface area contributed by atoms with E-state index in [1.165, 1.54) is 16.2 Å². The predicted molar refractivity (Wildman–Crippen MR) is 152 cm³/mol. The largest absolute Gasteiger partial charge is 0.507 e. The van der Waals surface area contributed by atoms with Crippen molar-refractivity contribution in [3.8, 4) is 5.75 Å². The molecule has 0 bridgehead atoms. The maximum absolute atomic E-state index is 13.5. The molecule has 0 aliphatic carbocycles. The molecule has 1 aliphatic rings. The van der Waals surface area contributed by atoms with Crippen molar-refractivity contribution in [2.45, 2.75) is 46.6 Å². The number of benzene rings is 2. The molecule has 1 saturated heterocycles. The summed E-state index contributed by atoms with van der Waals surface area (Å²) in [6, 6.07) is 12.9. The second-order valence-electron chi connectivity index (χ2n) is 10.3. The topological polar surface area (TPSA) is 93.1 Å². The number of carbonyl (C=O) groups excluding carboxylic acids is 3. The number of aryl methyl sites for hydroxylation is 1. The van der Waals surface area contributed by atoms with Gasteiger partial charge in [0.1, 0.15) is 17.6 Å². The first-order valence-corrected chi connectivity index (χ1v) is 13.7. The number of thiophene rings is 1. The Bertz CT molecular complexity index is 1420. The summed E-state index contributed by atoms with van der Waals surface area (Å²) in [6.45, 7) is 10.1. The molecule has 1 N–H and O–H groups in total. The molecule has 7 nitrogen and oxygen atoms in total. The Labute approximate surface area is 232 Å². The van der Waals surface area contributed by atoms with Crippen LogP contribution in [0.15, 0.2) is 59.5 Å². The van der Waals surface area contributed by atoms with Gasteiger partial charge in [-0.2, -0.15) is 0 Å². The number of rotatable bonds is 8. The van der Waals surface area contributed by atoms with Crippen LogP contribution in [-0.2, 0) is 14.3 Å². The van der Waals surface area contributed by atoms with Crippen LogP contribution in [0.25, 0.3) is 5.76 Å². The summed E-state index contributed by atoms with van der Waals surface area (Å²) in [5, 5.41) is 13.5. The zero-order valence-electron chi connectivity index (χ0n) is 23.0. The second kappa shape index (κ2) is 11.5. The first kappa shape index (κ1) is 28.1. The van der Waals surface area contributed by atoms with Crippen LogP contribution < -0.4 is 9.64 Å². The van der Waals surface area contributed by atoms with Crippen molar-refractivity contribution in [3.63, 3.8) is 0 Å². The van der Waals surface area contributed by atoms with Gasteiger partial charge in [-0.1, -0.05) is 33.8 Å². The Balaban J connectivity index is 1.81. The molecule has 1 atom stereocenters. The van der Waals surface area contributed by atoms with Crippen molar-refractivity contribution >= 4 is 40.4 Å². The Hall–Kier alpha value is -3.91. The van der Waals surface area contributed by atoms with E-state index in [0.29, 0.717) is 34.7 Å². The number of aliphatic hydroxyl groups is 1. The summed E-state index contributed by atoms with van der Waals surface area (Å²) in [4.78, 5) is 41.4. The second-order valence-corrected chi connectivity index (χ2v) is 11.3. The number of carbonyl (C=O) groups is 3. The lowest BCUT2D eigenvalue weighted by Gasteiger charge is -2.24. The molecule has 3 aromatic rings. The summed E-state index contributed by atoms with van der Waals surface area (Å²) < 4.78 is 10.8. The van der Waals surface area contributed by atoms with Crippen molar-refractivity contribution in [2.75, 3.05) is 18.6 Å². The van der Waals surface area contributed by atoms with Crippen LogP contribution in [-0.4, -0.2) is 36.5 Å². The molecule has 0 spiro atoms. The monoisotopic (exact) mass is 547 g/mol. The van der Waals surface area contributed by atoms with Crippen LogP contribution in [0.1, 0.15) is 71.6 Å². The zero-order valence-corrected chi connectivity index (χ0v) is 23.8. The van der Waals surface area contributed by atoms with Crippen molar-refractivity contribution in [1.29, 1.82) is 0 Å². The summed E-state index contributed by atoms with van der Waals surface area (Å²) in [5.41, 5.74) is 2.87. The SMILES string of the molecule is COc1cc(C)c(/C(O)=C2\C(=O)C(=O)N(c3ccc(C(=O)OCC(C)C)cc3)C2c2cccs2)cc1C(C)C. The molecule has 4 rings (SSSR count). The van der Waals surface area contributed by atoms with Gasteiger partial charge in [0.05, 0.1) is 24.9 Å². The zero-order chi connectivity index (χ0) is 28.4. The molecule has 2 heterocycles. The average molecular weight is 548 g/mol. The van der Waals surface area contributed by atoms with Gasteiger partial charge in [0.25, 0.3) is 11.7 Å². The highest BCUT2D eigenvalue weighted by Gasteiger charge is 2.47. The fourth-order valence-corrected chi connectivity index (χ4v) is 5.45. The van der Waals surface area contributed by atoms with Crippen molar-refractivity contribution in [2.24, 2.45) is 5.92 Å². The van der Waals surface area contributed by atoms with Crippen LogP contribution in [0.5, 0.6) is 5.75 Å². The molecule has 204 valence electrons. The molecular formula is C31H33NO6S. The maximum Gasteiger partial charge on any atom is 0.338 e. The highest BCUT2D eigenvalue weighted by molar-refractivity contribution is 7.10. The van der Waals surface area contributed by atoms with Crippen LogP contribution in [0.3, 0.4) is 0 Å². The number of aliphatic hydroxyl groups excluding tert-OH is 1. The van der Waals surface area contributed by atoms with Crippen molar-refractivity contribution < 1.29 is 29.0 Å². The van der Waals surface area contributed by atoms with E-state index in [9.17, 15) is 19.5 Å². The minimum absolute atomic E-state index is 0.0193. The number of ketones is 1. The number of ether oxygens (including phenoxy) is 2. The minimum atomic E-state index is -0.826. The molecule has 0 radical (unpaired) electrons. The van der Waals surface area contributed by atoms with Crippen molar-refractivity contribution in [3.05, 3.63) is 86.6 Å². The van der Waals surface area contributed by atoms with Crippen LogP contribution >= 0.6 is 11.3 Å². The third-order valence-electron chi connectivity index (χ3n) is 6.64. The van der Waals surface area contributed by atoms with E-state index in [1.807, 2.05) is 64.3 Å². The Morgan fingerprint density at radius 1 is 1.08 bits per heavy atom. The number of nitrogens with zero attached hydrogens (tertiary/aromatic N) is 1. The summed E-state index contributed by atoms with van der Waals surface area (Å²) in [7, 11) is 1.60. The molecule has 39 heavy (non-hydrogen) atoms. The smallest absolute Gasteiger partial charge is 0.338 e. The Morgan fingerprint density at radius 3 is 2.33 bits per heavy atom. The van der Waals surface area contributed by atoms with Gasteiger partial charge in [0, 0.05) is 16.1 Å². The van der Waals surface area contributed by atoms with Gasteiger partial charge in [-0.05, 0) is 77.7 Å². The van der Waals surface area contributed by atoms with E-state index in [2.05, 4.69) is 0 Å². The quantitative estimate of drug-likeness (QED) is 0.147. The van der Waals surface area contributed by atoms with Gasteiger partial charge in [-0.15, -0.1) is 11.3 Å². The normalized spacial score (nSPS) is 16.8. The predicted octanol–water partition coefficient (Wildman–Crippen LogP) is 6.63. The average Bonchev–Trinajstić information content (AvgIpc) is 3.53. The molecule has 0 saturated carbocycles. The third-order valence-corrected chi connectivity index (χ3v) is 7.56.